The molecule has 25 heavy (non-hydrogen) atoms. The highest BCUT2D eigenvalue weighted by molar-refractivity contribution is 6.30. The van der Waals surface area contributed by atoms with E-state index in [4.69, 9.17) is 16.3 Å². The molecular weight excluding hydrogens is 365 g/mol. The Bertz CT molecular complexity index is 668. The number of carbonyl (C=O) groups is 2. The van der Waals surface area contributed by atoms with Gasteiger partial charge in [-0.25, -0.2) is 4.79 Å². The summed E-state index contributed by atoms with van der Waals surface area (Å²) in [6, 6.07) is 2.89. The first-order valence-corrected chi connectivity index (χ1v) is 7.67. The summed E-state index contributed by atoms with van der Waals surface area (Å²) in [7, 11) is 0.757. The van der Waals surface area contributed by atoms with Crippen LogP contribution in [0.3, 0.4) is 0 Å². The van der Waals surface area contributed by atoms with Gasteiger partial charge in [0, 0.05) is 12.1 Å². The minimum atomic E-state index is -5.29. The van der Waals surface area contributed by atoms with Crippen LogP contribution in [-0.2, 0) is 9.53 Å². The van der Waals surface area contributed by atoms with Crippen LogP contribution < -0.4 is 5.32 Å². The van der Waals surface area contributed by atoms with Gasteiger partial charge < -0.3 is 15.2 Å². The summed E-state index contributed by atoms with van der Waals surface area (Å²) in [5.41, 5.74) is -3.56. The van der Waals surface area contributed by atoms with Crippen molar-refractivity contribution >= 4 is 23.6 Å². The minimum absolute atomic E-state index is 0.0566. The van der Waals surface area contributed by atoms with Gasteiger partial charge in [-0.3, -0.25) is 9.69 Å². The van der Waals surface area contributed by atoms with Gasteiger partial charge in [0.15, 0.2) is 0 Å². The van der Waals surface area contributed by atoms with Gasteiger partial charge in [0.05, 0.1) is 12.6 Å². The number of urea groups is 1. The summed E-state index contributed by atoms with van der Waals surface area (Å²) < 4.78 is 45.7. The smallest absolute Gasteiger partial charge is 0.437 e. The van der Waals surface area contributed by atoms with E-state index in [1.807, 2.05) is 0 Å². The van der Waals surface area contributed by atoms with Gasteiger partial charge in [-0.05, 0) is 24.6 Å². The number of alkyl halides is 3. The second-order valence-electron chi connectivity index (χ2n) is 5.49. The van der Waals surface area contributed by atoms with Crippen LogP contribution in [0.4, 0.5) is 18.0 Å². The lowest BCUT2D eigenvalue weighted by molar-refractivity contribution is -0.328. The Kier molecular flexibility index (Phi) is 5.19. The molecule has 0 aromatic heterocycles. The fourth-order valence-corrected chi connectivity index (χ4v) is 2.88. The quantitative estimate of drug-likeness (QED) is 0.790. The Balaban J connectivity index is 2.62. The molecule has 0 saturated carbocycles. The van der Waals surface area contributed by atoms with Crippen LogP contribution in [0.25, 0.3) is 0 Å². The molecule has 1 aliphatic rings. The summed E-state index contributed by atoms with van der Waals surface area (Å²) >= 11 is 5.76. The van der Waals surface area contributed by atoms with Crippen molar-refractivity contribution in [2.24, 2.45) is 5.92 Å². The number of hydrogen-bond donors (Lipinski definition) is 2. The number of carbonyl (C=O) groups excluding carboxylic acids is 2. The average molecular weight is 381 g/mol. The van der Waals surface area contributed by atoms with Gasteiger partial charge in [0.25, 0.3) is 5.72 Å². The van der Waals surface area contributed by atoms with Crippen LogP contribution >= 0.6 is 11.6 Å². The summed E-state index contributed by atoms with van der Waals surface area (Å²) in [4.78, 5) is 24.3. The molecule has 0 spiro atoms. The highest BCUT2D eigenvalue weighted by Gasteiger charge is 2.69. The molecule has 1 heterocycles. The van der Waals surface area contributed by atoms with Crippen molar-refractivity contribution in [3.63, 3.8) is 0 Å². The van der Waals surface area contributed by atoms with Crippen LogP contribution in [-0.4, -0.2) is 47.6 Å². The summed E-state index contributed by atoms with van der Waals surface area (Å²) in [6.07, 6.45) is -5.29. The van der Waals surface area contributed by atoms with E-state index in [9.17, 15) is 27.9 Å². The summed E-state index contributed by atoms with van der Waals surface area (Å²) in [5, 5.41) is 13.0. The standard InChI is InChI=1S/C15H16ClF3N2O4/c1-3-25-12(22)10-11(8-4-6-9(16)7-5-8)20-13(23)21(2)14(10,24)15(17,18)19/h4-7,10-11,24H,3H2,1-2H3,(H,20,23). The first-order valence-electron chi connectivity index (χ1n) is 7.29. The molecule has 1 aromatic rings. The van der Waals surface area contributed by atoms with E-state index in [0.717, 1.165) is 7.05 Å². The molecule has 0 aliphatic carbocycles. The van der Waals surface area contributed by atoms with Gasteiger partial charge in [-0.2, -0.15) is 13.2 Å². The Morgan fingerprint density at radius 2 is 1.96 bits per heavy atom. The van der Waals surface area contributed by atoms with Gasteiger partial charge in [0.1, 0.15) is 5.92 Å². The third-order valence-electron chi connectivity index (χ3n) is 4.05. The highest BCUT2D eigenvalue weighted by atomic mass is 35.5. The van der Waals surface area contributed by atoms with Crippen molar-refractivity contribution in [1.82, 2.24) is 10.2 Å². The zero-order valence-corrected chi connectivity index (χ0v) is 14.1. The molecule has 6 nitrogen and oxygen atoms in total. The van der Waals surface area contributed by atoms with Gasteiger partial charge >= 0.3 is 18.2 Å². The Hall–Kier alpha value is -2.00. The molecule has 10 heteroatoms. The molecule has 138 valence electrons. The number of esters is 1. The van der Waals surface area contributed by atoms with E-state index < -0.39 is 35.9 Å². The first-order chi connectivity index (χ1) is 11.5. The lowest BCUT2D eigenvalue weighted by atomic mass is 9.81. The van der Waals surface area contributed by atoms with E-state index in [1.165, 1.54) is 31.2 Å². The minimum Gasteiger partial charge on any atom is -0.466 e. The summed E-state index contributed by atoms with van der Waals surface area (Å²) in [6.45, 7) is 1.24. The summed E-state index contributed by atoms with van der Waals surface area (Å²) in [5.74, 6) is -3.41. The van der Waals surface area contributed by atoms with E-state index in [0.29, 0.717) is 5.02 Å². The molecule has 1 aliphatic heterocycles. The molecule has 1 aromatic carbocycles. The number of hydrogen-bond acceptors (Lipinski definition) is 4. The molecule has 3 unspecified atom stereocenters. The second-order valence-corrected chi connectivity index (χ2v) is 5.93. The van der Waals surface area contributed by atoms with Crippen LogP contribution in [0.15, 0.2) is 24.3 Å². The Labute approximate surface area is 146 Å². The Morgan fingerprint density at radius 3 is 2.44 bits per heavy atom. The van der Waals surface area contributed by atoms with Crippen molar-refractivity contribution < 1.29 is 32.6 Å². The van der Waals surface area contributed by atoms with Crippen molar-refractivity contribution in [3.8, 4) is 0 Å². The maximum atomic E-state index is 13.7. The molecular formula is C15H16ClF3N2O4. The number of nitrogens with zero attached hydrogens (tertiary/aromatic N) is 1. The topological polar surface area (TPSA) is 78.9 Å². The molecule has 2 N–H and O–H groups in total. The van der Waals surface area contributed by atoms with E-state index in [2.05, 4.69) is 5.32 Å². The number of aliphatic hydroxyl groups is 1. The Morgan fingerprint density at radius 1 is 1.40 bits per heavy atom. The first kappa shape index (κ1) is 19.3. The average Bonchev–Trinajstić information content (AvgIpc) is 2.52. The molecule has 2 amide bonds. The predicted molar refractivity (Wildman–Crippen MR) is 81.6 cm³/mol. The molecule has 1 fully saturated rings. The van der Waals surface area contributed by atoms with E-state index in [1.54, 1.807) is 0 Å². The number of benzene rings is 1. The van der Waals surface area contributed by atoms with E-state index >= 15 is 0 Å². The van der Waals surface area contributed by atoms with Crippen LogP contribution in [0.1, 0.15) is 18.5 Å². The normalized spacial score (nSPS) is 27.0. The van der Waals surface area contributed by atoms with Gasteiger partial charge in [0.2, 0.25) is 0 Å². The van der Waals surface area contributed by atoms with Crippen molar-refractivity contribution in [2.75, 3.05) is 13.7 Å². The highest BCUT2D eigenvalue weighted by Crippen LogP contribution is 2.46. The molecule has 3 atom stereocenters. The number of ether oxygens (including phenoxy) is 1. The molecule has 0 bridgehead atoms. The van der Waals surface area contributed by atoms with Gasteiger partial charge in [-0.15, -0.1) is 0 Å². The van der Waals surface area contributed by atoms with E-state index in [-0.39, 0.29) is 17.1 Å². The molecule has 1 saturated heterocycles. The molecule has 2 rings (SSSR count). The maximum absolute atomic E-state index is 13.7. The monoisotopic (exact) mass is 380 g/mol. The zero-order valence-electron chi connectivity index (χ0n) is 13.3. The molecule has 0 radical (unpaired) electrons. The van der Waals surface area contributed by atoms with Crippen molar-refractivity contribution in [3.05, 3.63) is 34.9 Å². The predicted octanol–water partition coefficient (Wildman–Crippen LogP) is 2.47. The lowest BCUT2D eigenvalue weighted by Gasteiger charge is -2.49. The lowest BCUT2D eigenvalue weighted by Crippen LogP contribution is -2.73. The third kappa shape index (κ3) is 3.25. The van der Waals surface area contributed by atoms with Crippen LogP contribution in [0.2, 0.25) is 5.02 Å². The fourth-order valence-electron chi connectivity index (χ4n) is 2.75. The third-order valence-corrected chi connectivity index (χ3v) is 4.30. The fraction of sp³-hybridized carbons (Fsp3) is 0.467. The number of rotatable bonds is 3. The van der Waals surface area contributed by atoms with Crippen LogP contribution in [0, 0.1) is 5.92 Å². The second kappa shape index (κ2) is 6.72. The maximum Gasteiger partial charge on any atom is 0.437 e. The van der Waals surface area contributed by atoms with Crippen molar-refractivity contribution in [2.45, 2.75) is 24.9 Å². The number of amides is 2. The number of nitrogens with one attached hydrogen (secondary N) is 1. The van der Waals surface area contributed by atoms with Gasteiger partial charge in [-0.1, -0.05) is 23.7 Å². The zero-order chi connectivity index (χ0) is 19.0. The van der Waals surface area contributed by atoms with Crippen molar-refractivity contribution in [1.29, 1.82) is 0 Å². The number of halogens is 4. The SMILES string of the molecule is CCOC(=O)C1C(c2ccc(Cl)cc2)NC(=O)N(C)C1(O)C(F)(F)F. The largest absolute Gasteiger partial charge is 0.466 e. The van der Waals surface area contributed by atoms with Crippen LogP contribution in [0.5, 0.6) is 0 Å².